The molecule has 4 nitrogen and oxygen atoms in total. The minimum Gasteiger partial charge on any atom is -0.370 e. The predicted octanol–water partition coefficient (Wildman–Crippen LogP) is 4.85. The third-order valence-electron chi connectivity index (χ3n) is 5.10. The molecule has 3 heterocycles. The van der Waals surface area contributed by atoms with Crippen LogP contribution in [0.15, 0.2) is 53.6 Å². The fraction of sp³-hybridized carbons (Fsp3) is 0.364. The zero-order valence-corrected chi connectivity index (χ0v) is 16.7. The maximum atomic E-state index is 6.13. The molecule has 4 rings (SSSR count). The Balaban J connectivity index is 1.49. The number of pyridine rings is 2. The number of fused-ring (bicyclic) bond motifs is 1. The van der Waals surface area contributed by atoms with Crippen LogP contribution in [0.25, 0.3) is 10.9 Å². The van der Waals surface area contributed by atoms with Gasteiger partial charge < -0.3 is 9.64 Å². The summed E-state index contributed by atoms with van der Waals surface area (Å²) in [5, 5.41) is 1.24. The smallest absolute Gasteiger partial charge is 0.129 e. The first-order valence-corrected chi connectivity index (χ1v) is 10.7. The van der Waals surface area contributed by atoms with E-state index in [0.29, 0.717) is 6.61 Å². The van der Waals surface area contributed by atoms with E-state index in [2.05, 4.69) is 47.3 Å². The summed E-state index contributed by atoms with van der Waals surface area (Å²) in [6.07, 6.45) is 6.36. The maximum Gasteiger partial charge on any atom is 0.129 e. The van der Waals surface area contributed by atoms with E-state index < -0.39 is 0 Å². The van der Waals surface area contributed by atoms with Crippen LogP contribution in [0.4, 0.5) is 5.82 Å². The number of benzene rings is 1. The molecule has 3 aromatic rings. The second kappa shape index (κ2) is 8.28. The summed E-state index contributed by atoms with van der Waals surface area (Å²) in [6.45, 7) is 4.66. The molecule has 0 saturated carbocycles. The number of hydrogen-bond acceptors (Lipinski definition) is 5. The third-order valence-corrected chi connectivity index (χ3v) is 5.83. The molecular formula is C22H25N3OS. The van der Waals surface area contributed by atoms with Crippen molar-refractivity contribution in [2.24, 2.45) is 0 Å². The number of ether oxygens (including phenoxy) is 1. The van der Waals surface area contributed by atoms with Gasteiger partial charge in [-0.2, -0.15) is 0 Å². The third kappa shape index (κ3) is 4.25. The number of rotatable bonds is 5. The molecule has 1 saturated heterocycles. The molecule has 0 radical (unpaired) electrons. The summed E-state index contributed by atoms with van der Waals surface area (Å²) in [5.41, 5.74) is 3.33. The van der Waals surface area contributed by atoms with Crippen molar-refractivity contribution in [1.82, 2.24) is 9.97 Å². The van der Waals surface area contributed by atoms with Crippen molar-refractivity contribution in [3.63, 3.8) is 0 Å². The number of aryl methyl sites for hydroxylation is 1. The fourth-order valence-corrected chi connectivity index (χ4v) is 4.05. The summed E-state index contributed by atoms with van der Waals surface area (Å²) >= 11 is 1.77. The highest BCUT2D eigenvalue weighted by molar-refractivity contribution is 7.98. The van der Waals surface area contributed by atoms with Gasteiger partial charge in [0, 0.05) is 29.6 Å². The van der Waals surface area contributed by atoms with Gasteiger partial charge in [-0.3, -0.25) is 4.98 Å². The Morgan fingerprint density at radius 2 is 2.15 bits per heavy atom. The van der Waals surface area contributed by atoms with Crippen LogP contribution in [0.1, 0.15) is 24.1 Å². The van der Waals surface area contributed by atoms with Gasteiger partial charge in [0.25, 0.3) is 0 Å². The van der Waals surface area contributed by atoms with Crippen molar-refractivity contribution in [1.29, 1.82) is 0 Å². The molecule has 0 N–H and O–H groups in total. The Bertz CT molecular complexity index is 916. The van der Waals surface area contributed by atoms with Gasteiger partial charge >= 0.3 is 0 Å². The molecule has 140 valence electrons. The molecule has 0 amide bonds. The largest absolute Gasteiger partial charge is 0.370 e. The van der Waals surface area contributed by atoms with E-state index in [0.717, 1.165) is 43.0 Å². The first-order chi connectivity index (χ1) is 13.2. The Hall–Kier alpha value is -2.11. The molecule has 1 aliphatic rings. The highest BCUT2D eigenvalue weighted by atomic mass is 32.2. The quantitative estimate of drug-likeness (QED) is 0.593. The van der Waals surface area contributed by atoms with Crippen LogP contribution in [0.3, 0.4) is 0 Å². The van der Waals surface area contributed by atoms with Crippen LogP contribution in [-0.2, 0) is 11.3 Å². The summed E-state index contributed by atoms with van der Waals surface area (Å²) < 4.78 is 6.13. The molecular weight excluding hydrogens is 354 g/mol. The van der Waals surface area contributed by atoms with Crippen LogP contribution in [-0.4, -0.2) is 35.4 Å². The molecule has 1 atom stereocenters. The van der Waals surface area contributed by atoms with Crippen molar-refractivity contribution in [2.45, 2.75) is 37.4 Å². The van der Waals surface area contributed by atoms with Gasteiger partial charge in [0.05, 0.1) is 23.9 Å². The Morgan fingerprint density at radius 1 is 1.22 bits per heavy atom. The monoisotopic (exact) mass is 379 g/mol. The molecule has 1 aromatic carbocycles. The lowest BCUT2D eigenvalue weighted by molar-refractivity contribution is 0.0297. The second-order valence-corrected chi connectivity index (χ2v) is 7.90. The fourth-order valence-electron chi connectivity index (χ4n) is 3.61. The van der Waals surface area contributed by atoms with Crippen molar-refractivity contribution >= 4 is 28.5 Å². The lowest BCUT2D eigenvalue weighted by Gasteiger charge is -2.33. The van der Waals surface area contributed by atoms with Crippen molar-refractivity contribution in [3.05, 3.63) is 59.9 Å². The summed E-state index contributed by atoms with van der Waals surface area (Å²) in [6, 6.07) is 14.7. The highest BCUT2D eigenvalue weighted by Gasteiger charge is 2.22. The molecule has 1 aliphatic heterocycles. The van der Waals surface area contributed by atoms with Crippen LogP contribution in [0.5, 0.6) is 0 Å². The second-order valence-electron chi connectivity index (χ2n) is 7.02. The molecule has 0 spiro atoms. The first kappa shape index (κ1) is 18.3. The van der Waals surface area contributed by atoms with Gasteiger partial charge in [0.15, 0.2) is 0 Å². The average molecular weight is 380 g/mol. The van der Waals surface area contributed by atoms with Crippen LogP contribution >= 0.6 is 11.8 Å². The molecule has 1 unspecified atom stereocenters. The number of piperidine rings is 1. The predicted molar refractivity (Wildman–Crippen MR) is 113 cm³/mol. The van der Waals surface area contributed by atoms with Crippen molar-refractivity contribution in [2.75, 3.05) is 24.2 Å². The molecule has 2 aromatic heterocycles. The average Bonchev–Trinajstić information content (AvgIpc) is 2.73. The van der Waals surface area contributed by atoms with E-state index in [1.54, 1.807) is 11.8 Å². The van der Waals surface area contributed by atoms with E-state index in [9.17, 15) is 0 Å². The Labute approximate surface area is 165 Å². The summed E-state index contributed by atoms with van der Waals surface area (Å²) in [4.78, 5) is 12.9. The topological polar surface area (TPSA) is 38.2 Å². The van der Waals surface area contributed by atoms with Crippen LogP contribution in [0, 0.1) is 6.92 Å². The van der Waals surface area contributed by atoms with Gasteiger partial charge in [-0.1, -0.05) is 6.07 Å². The van der Waals surface area contributed by atoms with Crippen LogP contribution in [0.2, 0.25) is 0 Å². The van der Waals surface area contributed by atoms with E-state index >= 15 is 0 Å². The number of anilines is 1. The standard InChI is InChI=1S/C22H25N3OS/c1-16-12-22(24-21-9-8-19(27-2)13-20(16)21)25-11-5-7-18(14-25)26-15-17-6-3-4-10-23-17/h3-4,6,8-10,12-13,18H,5,7,11,14-15H2,1-2H3. The number of hydrogen-bond donors (Lipinski definition) is 0. The first-order valence-electron chi connectivity index (χ1n) is 9.45. The van der Waals surface area contributed by atoms with Gasteiger partial charge in [-0.15, -0.1) is 11.8 Å². The van der Waals surface area contributed by atoms with Gasteiger partial charge in [-0.25, -0.2) is 4.98 Å². The van der Waals surface area contributed by atoms with Gasteiger partial charge in [-0.05, 0) is 68.0 Å². The normalized spacial score (nSPS) is 17.4. The van der Waals surface area contributed by atoms with E-state index in [4.69, 9.17) is 9.72 Å². The van der Waals surface area contributed by atoms with Gasteiger partial charge in [0.1, 0.15) is 5.82 Å². The Morgan fingerprint density at radius 3 is 2.96 bits per heavy atom. The van der Waals surface area contributed by atoms with Crippen LogP contribution < -0.4 is 4.90 Å². The van der Waals surface area contributed by atoms with Gasteiger partial charge in [0.2, 0.25) is 0 Å². The number of aromatic nitrogens is 2. The minimum absolute atomic E-state index is 0.220. The Kier molecular flexibility index (Phi) is 5.60. The minimum atomic E-state index is 0.220. The summed E-state index contributed by atoms with van der Waals surface area (Å²) in [7, 11) is 0. The van der Waals surface area contributed by atoms with E-state index in [1.807, 2.05) is 24.4 Å². The number of nitrogens with zero attached hydrogens (tertiary/aromatic N) is 3. The molecule has 0 aliphatic carbocycles. The zero-order valence-electron chi connectivity index (χ0n) is 15.9. The molecule has 27 heavy (non-hydrogen) atoms. The lowest BCUT2D eigenvalue weighted by Crippen LogP contribution is -2.40. The van der Waals surface area contributed by atoms with Crippen molar-refractivity contribution < 1.29 is 4.74 Å². The zero-order chi connectivity index (χ0) is 18.6. The molecule has 0 bridgehead atoms. The lowest BCUT2D eigenvalue weighted by atomic mass is 10.1. The highest BCUT2D eigenvalue weighted by Crippen LogP contribution is 2.28. The van der Waals surface area contributed by atoms with E-state index in [-0.39, 0.29) is 6.10 Å². The molecule has 1 fully saturated rings. The SMILES string of the molecule is CSc1ccc2nc(N3CCCC(OCc4ccccn4)C3)cc(C)c2c1. The number of thioether (sulfide) groups is 1. The van der Waals surface area contributed by atoms with Crippen molar-refractivity contribution in [3.8, 4) is 0 Å². The summed E-state index contributed by atoms with van der Waals surface area (Å²) in [5.74, 6) is 1.06. The molecule has 5 heteroatoms. The maximum absolute atomic E-state index is 6.13. The van der Waals surface area contributed by atoms with E-state index in [1.165, 1.54) is 15.8 Å².